The standard InChI is InChI=1S/C14H21NO2/c1-5-17-13(16)11-14(2,3)15(4)12-9-7-6-8-10-12/h6-10H,5,11H2,1-4H3. The zero-order chi connectivity index (χ0) is 12.9. The van der Waals surface area contributed by atoms with Gasteiger partial charge in [0.1, 0.15) is 0 Å². The molecule has 0 saturated carbocycles. The lowest BCUT2D eigenvalue weighted by molar-refractivity contribution is -0.144. The summed E-state index contributed by atoms with van der Waals surface area (Å²) < 4.78 is 5.00. The van der Waals surface area contributed by atoms with Gasteiger partial charge in [-0.1, -0.05) is 18.2 Å². The lowest BCUT2D eigenvalue weighted by atomic mass is 9.98. The second kappa shape index (κ2) is 5.71. The van der Waals surface area contributed by atoms with Gasteiger partial charge in [0.05, 0.1) is 13.0 Å². The summed E-state index contributed by atoms with van der Waals surface area (Å²) in [5.74, 6) is -0.153. The van der Waals surface area contributed by atoms with Crippen molar-refractivity contribution in [1.29, 1.82) is 0 Å². The fourth-order valence-corrected chi connectivity index (χ4v) is 1.68. The van der Waals surface area contributed by atoms with Crippen molar-refractivity contribution >= 4 is 11.7 Å². The summed E-state index contributed by atoms with van der Waals surface area (Å²) in [4.78, 5) is 13.6. The number of nitrogens with zero attached hydrogens (tertiary/aromatic N) is 1. The summed E-state index contributed by atoms with van der Waals surface area (Å²) in [7, 11) is 1.99. The van der Waals surface area contributed by atoms with Crippen molar-refractivity contribution in [2.24, 2.45) is 0 Å². The Morgan fingerprint density at radius 3 is 2.41 bits per heavy atom. The maximum Gasteiger partial charge on any atom is 0.308 e. The first-order valence-electron chi connectivity index (χ1n) is 5.92. The Labute approximate surface area is 103 Å². The molecule has 3 nitrogen and oxygen atoms in total. The summed E-state index contributed by atoms with van der Waals surface area (Å²) in [6.45, 7) is 6.34. The summed E-state index contributed by atoms with van der Waals surface area (Å²) in [5.41, 5.74) is 0.843. The molecule has 0 aliphatic carbocycles. The number of anilines is 1. The molecule has 0 bridgehead atoms. The molecule has 1 rings (SSSR count). The summed E-state index contributed by atoms with van der Waals surface area (Å²) in [6.07, 6.45) is 0.381. The lowest BCUT2D eigenvalue weighted by Gasteiger charge is -2.36. The van der Waals surface area contributed by atoms with Crippen LogP contribution in [-0.4, -0.2) is 25.2 Å². The molecule has 0 aromatic heterocycles. The molecular weight excluding hydrogens is 214 g/mol. The third-order valence-corrected chi connectivity index (χ3v) is 2.93. The van der Waals surface area contributed by atoms with Crippen molar-refractivity contribution < 1.29 is 9.53 Å². The van der Waals surface area contributed by atoms with E-state index in [-0.39, 0.29) is 11.5 Å². The number of esters is 1. The van der Waals surface area contributed by atoms with Crippen LogP contribution in [0, 0.1) is 0 Å². The van der Waals surface area contributed by atoms with Crippen molar-refractivity contribution in [3.8, 4) is 0 Å². The van der Waals surface area contributed by atoms with Crippen molar-refractivity contribution in [3.05, 3.63) is 30.3 Å². The first kappa shape index (κ1) is 13.6. The molecule has 0 radical (unpaired) electrons. The van der Waals surface area contributed by atoms with Gasteiger partial charge >= 0.3 is 5.97 Å². The highest BCUT2D eigenvalue weighted by Gasteiger charge is 2.27. The molecule has 0 fully saturated rings. The molecule has 0 aliphatic rings. The van der Waals surface area contributed by atoms with Gasteiger partial charge in [0.2, 0.25) is 0 Å². The van der Waals surface area contributed by atoms with Crippen LogP contribution in [0.15, 0.2) is 30.3 Å². The van der Waals surface area contributed by atoms with Crippen LogP contribution < -0.4 is 4.90 Å². The molecule has 0 heterocycles. The highest BCUT2D eigenvalue weighted by Crippen LogP contribution is 2.24. The van der Waals surface area contributed by atoms with Gasteiger partial charge < -0.3 is 9.64 Å². The van der Waals surface area contributed by atoms with Crippen LogP contribution in [0.5, 0.6) is 0 Å². The number of hydrogen-bond acceptors (Lipinski definition) is 3. The van der Waals surface area contributed by atoms with Crippen molar-refractivity contribution in [2.45, 2.75) is 32.7 Å². The van der Waals surface area contributed by atoms with E-state index < -0.39 is 0 Å². The predicted molar refractivity (Wildman–Crippen MR) is 70.2 cm³/mol. The third kappa shape index (κ3) is 3.77. The van der Waals surface area contributed by atoms with Crippen LogP contribution >= 0.6 is 0 Å². The molecule has 0 unspecified atom stereocenters. The van der Waals surface area contributed by atoms with Crippen LogP contribution in [-0.2, 0) is 9.53 Å². The second-order valence-corrected chi connectivity index (χ2v) is 4.69. The fraction of sp³-hybridized carbons (Fsp3) is 0.500. The Balaban J connectivity index is 2.73. The summed E-state index contributed by atoms with van der Waals surface area (Å²) >= 11 is 0. The predicted octanol–water partition coefficient (Wildman–Crippen LogP) is 2.85. The van der Waals surface area contributed by atoms with Gasteiger partial charge in [0.25, 0.3) is 0 Å². The molecule has 0 aliphatic heterocycles. The highest BCUT2D eigenvalue weighted by molar-refractivity contribution is 5.71. The van der Waals surface area contributed by atoms with Gasteiger partial charge in [0, 0.05) is 18.3 Å². The largest absolute Gasteiger partial charge is 0.466 e. The maximum absolute atomic E-state index is 11.5. The van der Waals surface area contributed by atoms with E-state index in [1.165, 1.54) is 0 Å². The Kier molecular flexibility index (Phi) is 4.55. The van der Waals surface area contributed by atoms with Gasteiger partial charge in [0.15, 0.2) is 0 Å². The molecule has 0 N–H and O–H groups in total. The monoisotopic (exact) mass is 235 g/mol. The minimum Gasteiger partial charge on any atom is -0.466 e. The average molecular weight is 235 g/mol. The van der Waals surface area contributed by atoms with E-state index in [4.69, 9.17) is 4.74 Å². The normalized spacial score (nSPS) is 11.1. The number of rotatable bonds is 5. The highest BCUT2D eigenvalue weighted by atomic mass is 16.5. The van der Waals surface area contributed by atoms with E-state index in [1.54, 1.807) is 0 Å². The average Bonchev–Trinajstić information content (AvgIpc) is 2.28. The smallest absolute Gasteiger partial charge is 0.308 e. The van der Waals surface area contributed by atoms with Crippen LogP contribution in [0.25, 0.3) is 0 Å². The van der Waals surface area contributed by atoms with Crippen LogP contribution in [0.1, 0.15) is 27.2 Å². The second-order valence-electron chi connectivity index (χ2n) is 4.69. The van der Waals surface area contributed by atoms with E-state index in [1.807, 2.05) is 58.2 Å². The molecule has 0 amide bonds. The van der Waals surface area contributed by atoms with E-state index >= 15 is 0 Å². The van der Waals surface area contributed by atoms with Gasteiger partial charge in [-0.3, -0.25) is 4.79 Å². The minimum atomic E-state index is -0.256. The Hall–Kier alpha value is -1.51. The molecule has 0 saturated heterocycles. The van der Waals surface area contributed by atoms with E-state index in [0.717, 1.165) is 5.69 Å². The number of hydrogen-bond donors (Lipinski definition) is 0. The summed E-state index contributed by atoms with van der Waals surface area (Å²) in [6, 6.07) is 10.0. The first-order valence-corrected chi connectivity index (χ1v) is 5.92. The van der Waals surface area contributed by atoms with Crippen molar-refractivity contribution in [3.63, 3.8) is 0 Å². The third-order valence-electron chi connectivity index (χ3n) is 2.93. The van der Waals surface area contributed by atoms with Crippen LogP contribution in [0.4, 0.5) is 5.69 Å². The topological polar surface area (TPSA) is 29.5 Å². The minimum absolute atomic E-state index is 0.153. The van der Waals surface area contributed by atoms with Gasteiger partial charge in [-0.15, -0.1) is 0 Å². The van der Waals surface area contributed by atoms with Gasteiger partial charge in [-0.2, -0.15) is 0 Å². The zero-order valence-electron chi connectivity index (χ0n) is 11.1. The zero-order valence-corrected chi connectivity index (χ0v) is 11.1. The molecule has 1 aromatic carbocycles. The molecule has 1 aromatic rings. The number of para-hydroxylation sites is 1. The summed E-state index contributed by atoms with van der Waals surface area (Å²) in [5, 5.41) is 0. The molecule has 0 atom stereocenters. The molecule has 17 heavy (non-hydrogen) atoms. The van der Waals surface area contributed by atoms with Gasteiger partial charge in [-0.05, 0) is 32.9 Å². The van der Waals surface area contributed by atoms with Crippen molar-refractivity contribution in [1.82, 2.24) is 0 Å². The Bertz CT molecular complexity index is 360. The van der Waals surface area contributed by atoms with E-state index in [2.05, 4.69) is 4.90 Å². The van der Waals surface area contributed by atoms with Crippen LogP contribution in [0.2, 0.25) is 0 Å². The van der Waals surface area contributed by atoms with E-state index in [9.17, 15) is 4.79 Å². The maximum atomic E-state index is 11.5. The van der Waals surface area contributed by atoms with Crippen molar-refractivity contribution in [2.75, 3.05) is 18.6 Å². The number of benzene rings is 1. The molecular formula is C14H21NO2. The fourth-order valence-electron chi connectivity index (χ4n) is 1.68. The quantitative estimate of drug-likeness (QED) is 0.735. The molecule has 3 heteroatoms. The van der Waals surface area contributed by atoms with Gasteiger partial charge in [-0.25, -0.2) is 0 Å². The lowest BCUT2D eigenvalue weighted by Crippen LogP contribution is -2.43. The first-order chi connectivity index (χ1) is 7.97. The van der Waals surface area contributed by atoms with Crippen LogP contribution in [0.3, 0.4) is 0 Å². The molecule has 0 spiro atoms. The molecule has 94 valence electrons. The number of ether oxygens (including phenoxy) is 1. The Morgan fingerprint density at radius 2 is 1.88 bits per heavy atom. The number of carbonyl (C=O) groups excluding carboxylic acids is 1. The SMILES string of the molecule is CCOC(=O)CC(C)(C)N(C)c1ccccc1. The van der Waals surface area contributed by atoms with E-state index in [0.29, 0.717) is 13.0 Å². The number of carbonyl (C=O) groups is 1. The Morgan fingerprint density at radius 1 is 1.29 bits per heavy atom.